The summed E-state index contributed by atoms with van der Waals surface area (Å²) in [6.07, 6.45) is -0.525. The Labute approximate surface area is 119 Å². The van der Waals surface area contributed by atoms with Crippen LogP contribution >= 0.6 is 15.9 Å². The molecular weight excluding hydrogens is 314 g/mol. The largest absolute Gasteiger partial charge is 0.480 e. The normalized spacial score (nSPS) is 22.5. The number of carbonyl (C=O) groups is 2. The minimum absolute atomic E-state index is 0.0871. The summed E-state index contributed by atoms with van der Waals surface area (Å²) in [5.41, 5.74) is 0.810. The minimum atomic E-state index is -1.07. The van der Waals surface area contributed by atoms with Crippen LogP contribution < -0.4 is 0 Å². The Morgan fingerprint density at radius 2 is 2.16 bits per heavy atom. The van der Waals surface area contributed by atoms with Gasteiger partial charge in [-0.1, -0.05) is 28.1 Å². The molecule has 0 aliphatic carbocycles. The Bertz CT molecular complexity index is 505. The smallest absolute Gasteiger partial charge is 0.326 e. The maximum absolute atomic E-state index is 12.1. The van der Waals surface area contributed by atoms with Crippen molar-refractivity contribution in [3.63, 3.8) is 0 Å². The van der Waals surface area contributed by atoms with Crippen LogP contribution in [-0.2, 0) is 16.0 Å². The van der Waals surface area contributed by atoms with Crippen LogP contribution in [-0.4, -0.2) is 45.7 Å². The molecule has 1 heterocycles. The van der Waals surface area contributed by atoms with Gasteiger partial charge in [-0.3, -0.25) is 4.79 Å². The summed E-state index contributed by atoms with van der Waals surface area (Å²) in [6, 6.07) is 6.38. The fourth-order valence-electron chi connectivity index (χ4n) is 2.25. The van der Waals surface area contributed by atoms with Gasteiger partial charge >= 0.3 is 5.97 Å². The SMILES string of the molecule is O=C(O)[C@@H]1C[C@@H](O)CN1C(=O)Cc1cccc(Br)c1. The highest BCUT2D eigenvalue weighted by Crippen LogP contribution is 2.20. The first kappa shape index (κ1) is 14.0. The molecule has 2 atom stereocenters. The molecule has 1 amide bonds. The lowest BCUT2D eigenvalue weighted by molar-refractivity contribution is -0.148. The Morgan fingerprint density at radius 1 is 1.42 bits per heavy atom. The topological polar surface area (TPSA) is 77.8 Å². The monoisotopic (exact) mass is 327 g/mol. The molecule has 1 aromatic rings. The maximum atomic E-state index is 12.1. The van der Waals surface area contributed by atoms with E-state index in [1.54, 1.807) is 0 Å². The second-order valence-electron chi connectivity index (χ2n) is 4.60. The average molecular weight is 328 g/mol. The fraction of sp³-hybridized carbons (Fsp3) is 0.385. The van der Waals surface area contributed by atoms with Crippen molar-refractivity contribution in [3.05, 3.63) is 34.3 Å². The number of hydrogen-bond acceptors (Lipinski definition) is 3. The predicted octanol–water partition coefficient (Wildman–Crippen LogP) is 1.04. The molecule has 19 heavy (non-hydrogen) atoms. The molecule has 1 aliphatic rings. The van der Waals surface area contributed by atoms with Crippen LogP contribution in [0.3, 0.4) is 0 Å². The quantitative estimate of drug-likeness (QED) is 0.869. The van der Waals surface area contributed by atoms with Crippen molar-refractivity contribution in [1.82, 2.24) is 4.90 Å². The molecule has 1 saturated heterocycles. The third-order valence-corrected chi connectivity index (χ3v) is 3.62. The van der Waals surface area contributed by atoms with Gasteiger partial charge in [-0.2, -0.15) is 0 Å². The molecule has 6 heteroatoms. The predicted molar refractivity (Wildman–Crippen MR) is 71.6 cm³/mol. The van der Waals surface area contributed by atoms with Crippen molar-refractivity contribution in [2.75, 3.05) is 6.54 Å². The molecule has 0 bridgehead atoms. The van der Waals surface area contributed by atoms with Gasteiger partial charge in [0.25, 0.3) is 0 Å². The summed E-state index contributed by atoms with van der Waals surface area (Å²) < 4.78 is 0.869. The highest BCUT2D eigenvalue weighted by molar-refractivity contribution is 9.10. The van der Waals surface area contributed by atoms with E-state index in [1.165, 1.54) is 4.90 Å². The molecule has 1 fully saturated rings. The Balaban J connectivity index is 2.09. The van der Waals surface area contributed by atoms with E-state index < -0.39 is 18.1 Å². The summed E-state index contributed by atoms with van der Waals surface area (Å²) in [5.74, 6) is -1.35. The van der Waals surface area contributed by atoms with E-state index in [-0.39, 0.29) is 25.3 Å². The number of carbonyl (C=O) groups excluding carboxylic acids is 1. The average Bonchev–Trinajstić information content (AvgIpc) is 2.71. The van der Waals surface area contributed by atoms with Gasteiger partial charge < -0.3 is 15.1 Å². The molecular formula is C13H14BrNO4. The molecule has 102 valence electrons. The number of likely N-dealkylation sites (tertiary alicyclic amines) is 1. The van der Waals surface area contributed by atoms with Gasteiger partial charge in [-0.25, -0.2) is 4.79 Å². The molecule has 1 aromatic carbocycles. The third-order valence-electron chi connectivity index (χ3n) is 3.13. The highest BCUT2D eigenvalue weighted by Gasteiger charge is 2.38. The van der Waals surface area contributed by atoms with Crippen LogP contribution in [0.15, 0.2) is 28.7 Å². The number of aliphatic hydroxyl groups excluding tert-OH is 1. The number of rotatable bonds is 3. The van der Waals surface area contributed by atoms with Crippen molar-refractivity contribution >= 4 is 27.8 Å². The molecule has 0 saturated carbocycles. The number of aliphatic carboxylic acids is 1. The van der Waals surface area contributed by atoms with E-state index in [1.807, 2.05) is 24.3 Å². The van der Waals surface area contributed by atoms with Crippen molar-refractivity contribution in [1.29, 1.82) is 0 Å². The number of β-amino-alcohol motifs (C(OH)–C–C–N with tert-alkyl or cyclic N) is 1. The lowest BCUT2D eigenvalue weighted by Crippen LogP contribution is -2.41. The Kier molecular flexibility index (Phi) is 4.21. The summed E-state index contributed by atoms with van der Waals surface area (Å²) in [7, 11) is 0. The van der Waals surface area contributed by atoms with Crippen LogP contribution in [0.4, 0.5) is 0 Å². The third kappa shape index (κ3) is 3.33. The minimum Gasteiger partial charge on any atom is -0.480 e. The number of hydrogen-bond donors (Lipinski definition) is 2. The van der Waals surface area contributed by atoms with Crippen LogP contribution in [0, 0.1) is 0 Å². The molecule has 1 aliphatic heterocycles. The molecule has 2 rings (SSSR count). The number of benzene rings is 1. The Hall–Kier alpha value is -1.40. The van der Waals surface area contributed by atoms with Crippen LogP contribution in [0.25, 0.3) is 0 Å². The second-order valence-corrected chi connectivity index (χ2v) is 5.51. The molecule has 0 radical (unpaired) electrons. The van der Waals surface area contributed by atoms with E-state index >= 15 is 0 Å². The van der Waals surface area contributed by atoms with Crippen molar-refractivity contribution < 1.29 is 19.8 Å². The molecule has 2 N–H and O–H groups in total. The first-order valence-corrected chi connectivity index (χ1v) is 6.71. The molecule has 0 unspecified atom stereocenters. The first-order chi connectivity index (χ1) is 8.97. The summed E-state index contributed by atoms with van der Waals surface area (Å²) in [4.78, 5) is 24.4. The Morgan fingerprint density at radius 3 is 2.79 bits per heavy atom. The van der Waals surface area contributed by atoms with E-state index in [4.69, 9.17) is 5.11 Å². The number of nitrogens with zero attached hydrogens (tertiary/aromatic N) is 1. The molecule has 0 aromatic heterocycles. The van der Waals surface area contributed by atoms with Crippen LogP contribution in [0.1, 0.15) is 12.0 Å². The zero-order chi connectivity index (χ0) is 14.0. The van der Waals surface area contributed by atoms with E-state index in [9.17, 15) is 14.7 Å². The van der Waals surface area contributed by atoms with Gasteiger partial charge in [0.05, 0.1) is 12.5 Å². The highest BCUT2D eigenvalue weighted by atomic mass is 79.9. The van der Waals surface area contributed by atoms with E-state index in [0.717, 1.165) is 10.0 Å². The zero-order valence-electron chi connectivity index (χ0n) is 10.1. The van der Waals surface area contributed by atoms with Crippen LogP contribution in [0.2, 0.25) is 0 Å². The maximum Gasteiger partial charge on any atom is 0.326 e. The summed E-state index contributed by atoms with van der Waals surface area (Å²) in [5, 5.41) is 18.6. The molecule has 5 nitrogen and oxygen atoms in total. The number of halogens is 1. The standard InChI is InChI=1S/C13H14BrNO4/c14-9-3-1-2-8(4-9)5-12(17)15-7-10(16)6-11(15)13(18)19/h1-4,10-11,16H,5-7H2,(H,18,19)/t10-,11+/m1/s1. The van der Waals surface area contributed by atoms with Crippen molar-refractivity contribution in [2.45, 2.75) is 25.0 Å². The number of carboxylic acid groups (broad SMARTS) is 1. The number of carboxylic acids is 1. The van der Waals surface area contributed by atoms with Gasteiger partial charge in [0, 0.05) is 17.4 Å². The fourth-order valence-corrected chi connectivity index (χ4v) is 2.69. The van der Waals surface area contributed by atoms with Gasteiger partial charge in [0.1, 0.15) is 6.04 Å². The zero-order valence-corrected chi connectivity index (χ0v) is 11.7. The van der Waals surface area contributed by atoms with Crippen molar-refractivity contribution in [3.8, 4) is 0 Å². The van der Waals surface area contributed by atoms with E-state index in [0.29, 0.717) is 0 Å². The van der Waals surface area contributed by atoms with Gasteiger partial charge in [-0.15, -0.1) is 0 Å². The van der Waals surface area contributed by atoms with Gasteiger partial charge in [-0.05, 0) is 17.7 Å². The lowest BCUT2D eigenvalue weighted by atomic mass is 10.1. The van der Waals surface area contributed by atoms with E-state index in [2.05, 4.69) is 15.9 Å². The van der Waals surface area contributed by atoms with Gasteiger partial charge in [0.2, 0.25) is 5.91 Å². The number of amides is 1. The lowest BCUT2D eigenvalue weighted by Gasteiger charge is -2.21. The van der Waals surface area contributed by atoms with Crippen molar-refractivity contribution in [2.24, 2.45) is 0 Å². The van der Waals surface area contributed by atoms with Crippen LogP contribution in [0.5, 0.6) is 0 Å². The summed E-state index contributed by atoms with van der Waals surface area (Å²) >= 11 is 3.32. The summed E-state index contributed by atoms with van der Waals surface area (Å²) in [6.45, 7) is 0.0871. The second kappa shape index (κ2) is 5.71. The van der Waals surface area contributed by atoms with Gasteiger partial charge in [0.15, 0.2) is 0 Å². The molecule has 0 spiro atoms. The first-order valence-electron chi connectivity index (χ1n) is 5.92. The number of aliphatic hydroxyl groups is 1.